The van der Waals surface area contributed by atoms with E-state index >= 15 is 0 Å². The van der Waals surface area contributed by atoms with Crippen LogP contribution in [0.3, 0.4) is 0 Å². The van der Waals surface area contributed by atoms with Crippen LogP contribution < -0.4 is 10.6 Å². The van der Waals surface area contributed by atoms with Crippen LogP contribution in [0.15, 0.2) is 24.3 Å². The van der Waals surface area contributed by atoms with Crippen LogP contribution in [0.1, 0.15) is 13.3 Å². The molecule has 0 bridgehead atoms. The van der Waals surface area contributed by atoms with Gasteiger partial charge in [0.15, 0.2) is 0 Å². The summed E-state index contributed by atoms with van der Waals surface area (Å²) in [5, 5.41) is 6.05. The number of carbonyl (C=O) groups is 1. The van der Waals surface area contributed by atoms with Gasteiger partial charge in [-0.2, -0.15) is 0 Å². The Morgan fingerprint density at radius 3 is 3.00 bits per heavy atom. The summed E-state index contributed by atoms with van der Waals surface area (Å²) < 4.78 is 10.6. The Balaban J connectivity index is 1.86. The zero-order chi connectivity index (χ0) is 12.8. The fraction of sp³-hybridized carbons (Fsp3) is 0.462. The van der Waals surface area contributed by atoms with Crippen molar-refractivity contribution in [2.75, 3.05) is 30.6 Å². The van der Waals surface area contributed by atoms with Gasteiger partial charge in [0.1, 0.15) is 6.79 Å². The van der Waals surface area contributed by atoms with Crippen LogP contribution >= 0.6 is 0 Å². The highest BCUT2D eigenvalue weighted by atomic mass is 16.7. The maximum absolute atomic E-state index is 11.0. The van der Waals surface area contributed by atoms with Gasteiger partial charge in [-0.05, 0) is 24.6 Å². The van der Waals surface area contributed by atoms with Crippen LogP contribution in [0, 0.1) is 0 Å². The van der Waals surface area contributed by atoms with Crippen molar-refractivity contribution in [1.29, 1.82) is 0 Å². The predicted molar refractivity (Wildman–Crippen MR) is 69.5 cm³/mol. The first kappa shape index (κ1) is 12.9. The van der Waals surface area contributed by atoms with Gasteiger partial charge in [0, 0.05) is 24.8 Å². The fourth-order valence-electron chi connectivity index (χ4n) is 1.80. The molecule has 1 amide bonds. The number of anilines is 2. The van der Waals surface area contributed by atoms with Crippen molar-refractivity contribution >= 4 is 17.3 Å². The Morgan fingerprint density at radius 2 is 2.28 bits per heavy atom. The largest absolute Gasteiger partial charge is 0.382 e. The first-order chi connectivity index (χ1) is 8.74. The van der Waals surface area contributed by atoms with Crippen LogP contribution in [-0.4, -0.2) is 32.0 Å². The second-order valence-electron chi connectivity index (χ2n) is 4.25. The lowest BCUT2D eigenvalue weighted by atomic mass is 10.2. The molecule has 0 radical (unpaired) electrons. The summed E-state index contributed by atoms with van der Waals surface area (Å²) in [6.45, 7) is 3.36. The first-order valence-electron chi connectivity index (χ1n) is 6.05. The number of hydrogen-bond acceptors (Lipinski definition) is 4. The van der Waals surface area contributed by atoms with Gasteiger partial charge in [0.25, 0.3) is 0 Å². The Hall–Kier alpha value is -1.59. The second kappa shape index (κ2) is 6.37. The van der Waals surface area contributed by atoms with Crippen LogP contribution in [0.4, 0.5) is 11.4 Å². The fourth-order valence-corrected chi connectivity index (χ4v) is 1.80. The lowest BCUT2D eigenvalue weighted by Gasteiger charge is -2.23. The van der Waals surface area contributed by atoms with Gasteiger partial charge in [-0.1, -0.05) is 6.07 Å². The molecule has 1 aromatic carbocycles. The number of rotatable bonds is 4. The summed E-state index contributed by atoms with van der Waals surface area (Å²) in [6, 6.07) is 7.63. The van der Waals surface area contributed by atoms with E-state index in [9.17, 15) is 4.79 Å². The van der Waals surface area contributed by atoms with Crippen molar-refractivity contribution in [3.8, 4) is 0 Å². The third-order valence-electron chi connectivity index (χ3n) is 2.69. The Bertz CT molecular complexity index is 403. The molecule has 5 nitrogen and oxygen atoms in total. The summed E-state index contributed by atoms with van der Waals surface area (Å²) in [6.07, 6.45) is 1.08. The summed E-state index contributed by atoms with van der Waals surface area (Å²) in [7, 11) is 0. The Kier molecular flexibility index (Phi) is 4.55. The highest BCUT2D eigenvalue weighted by Gasteiger charge is 2.13. The van der Waals surface area contributed by atoms with Gasteiger partial charge < -0.3 is 20.1 Å². The van der Waals surface area contributed by atoms with E-state index in [-0.39, 0.29) is 12.0 Å². The normalized spacial score (nSPS) is 19.3. The molecule has 0 aromatic heterocycles. The lowest BCUT2D eigenvalue weighted by Crippen LogP contribution is -2.30. The summed E-state index contributed by atoms with van der Waals surface area (Å²) in [5.74, 6) is -0.0695. The van der Waals surface area contributed by atoms with Crippen LogP contribution in [0.5, 0.6) is 0 Å². The maximum Gasteiger partial charge on any atom is 0.221 e. The minimum atomic E-state index is -0.0695. The molecule has 0 spiro atoms. The first-order valence-corrected chi connectivity index (χ1v) is 6.05. The second-order valence-corrected chi connectivity index (χ2v) is 4.25. The van der Waals surface area contributed by atoms with Gasteiger partial charge in [-0.15, -0.1) is 0 Å². The molecule has 98 valence electrons. The van der Waals surface area contributed by atoms with E-state index in [4.69, 9.17) is 9.47 Å². The van der Waals surface area contributed by atoms with E-state index in [1.165, 1.54) is 6.92 Å². The van der Waals surface area contributed by atoms with E-state index in [1.54, 1.807) is 0 Å². The molecular formula is C13H18N2O3. The minimum absolute atomic E-state index is 0.0695. The number of ether oxygens (including phenoxy) is 2. The average Bonchev–Trinajstić information content (AvgIpc) is 2.37. The van der Waals surface area contributed by atoms with E-state index in [0.29, 0.717) is 6.79 Å². The molecule has 0 aliphatic carbocycles. The molecule has 1 fully saturated rings. The van der Waals surface area contributed by atoms with Crippen molar-refractivity contribution in [3.63, 3.8) is 0 Å². The van der Waals surface area contributed by atoms with E-state index < -0.39 is 0 Å². The summed E-state index contributed by atoms with van der Waals surface area (Å²) >= 11 is 0. The number of amides is 1. The quantitative estimate of drug-likeness (QED) is 0.855. The van der Waals surface area contributed by atoms with Crippen LogP contribution in [-0.2, 0) is 14.3 Å². The molecule has 2 N–H and O–H groups in total. The minimum Gasteiger partial charge on any atom is -0.382 e. The van der Waals surface area contributed by atoms with Gasteiger partial charge in [0.2, 0.25) is 5.91 Å². The molecule has 1 aromatic rings. The molecule has 1 aliphatic heterocycles. The Morgan fingerprint density at radius 1 is 1.44 bits per heavy atom. The van der Waals surface area contributed by atoms with Crippen molar-refractivity contribution in [2.24, 2.45) is 0 Å². The van der Waals surface area contributed by atoms with Crippen molar-refractivity contribution in [1.82, 2.24) is 0 Å². The van der Waals surface area contributed by atoms with Crippen LogP contribution in [0.2, 0.25) is 0 Å². The number of carbonyl (C=O) groups excluding carboxylic acids is 1. The van der Waals surface area contributed by atoms with Gasteiger partial charge >= 0.3 is 0 Å². The molecule has 18 heavy (non-hydrogen) atoms. The maximum atomic E-state index is 11.0. The third-order valence-corrected chi connectivity index (χ3v) is 2.69. The average molecular weight is 250 g/mol. The highest BCUT2D eigenvalue weighted by molar-refractivity contribution is 5.89. The molecule has 1 saturated heterocycles. The number of nitrogens with one attached hydrogen (secondary N) is 2. The van der Waals surface area contributed by atoms with Crippen molar-refractivity contribution < 1.29 is 14.3 Å². The van der Waals surface area contributed by atoms with E-state index in [1.807, 2.05) is 24.3 Å². The van der Waals surface area contributed by atoms with Crippen molar-refractivity contribution in [2.45, 2.75) is 19.4 Å². The summed E-state index contributed by atoms with van der Waals surface area (Å²) in [5.41, 5.74) is 1.76. The van der Waals surface area contributed by atoms with Crippen LogP contribution in [0.25, 0.3) is 0 Å². The Labute approximate surface area is 106 Å². The zero-order valence-corrected chi connectivity index (χ0v) is 10.4. The predicted octanol–water partition coefficient (Wildman–Crippen LogP) is 1.82. The molecule has 0 saturated carbocycles. The van der Waals surface area contributed by atoms with E-state index in [0.717, 1.165) is 30.9 Å². The smallest absolute Gasteiger partial charge is 0.221 e. The van der Waals surface area contributed by atoms with Gasteiger partial charge in [-0.3, -0.25) is 4.79 Å². The molecule has 2 rings (SSSR count). The molecule has 1 atom stereocenters. The molecule has 1 heterocycles. The van der Waals surface area contributed by atoms with Crippen molar-refractivity contribution in [3.05, 3.63) is 24.3 Å². The molecular weight excluding hydrogens is 232 g/mol. The zero-order valence-electron chi connectivity index (χ0n) is 10.4. The summed E-state index contributed by atoms with van der Waals surface area (Å²) in [4.78, 5) is 11.0. The molecule has 5 heteroatoms. The SMILES string of the molecule is CC(=O)Nc1cccc(NCC2CCOCO2)c1. The third kappa shape index (κ3) is 4.01. The number of benzene rings is 1. The number of hydrogen-bond donors (Lipinski definition) is 2. The molecule has 1 aliphatic rings. The van der Waals surface area contributed by atoms with E-state index in [2.05, 4.69) is 10.6 Å². The monoisotopic (exact) mass is 250 g/mol. The standard InChI is InChI=1S/C13H18N2O3/c1-10(16)15-12-4-2-3-11(7-12)14-8-13-5-6-17-9-18-13/h2-4,7,13-14H,5-6,8-9H2,1H3,(H,15,16). The highest BCUT2D eigenvalue weighted by Crippen LogP contribution is 2.16. The topological polar surface area (TPSA) is 59.6 Å². The van der Waals surface area contributed by atoms with Gasteiger partial charge in [-0.25, -0.2) is 0 Å². The van der Waals surface area contributed by atoms with Gasteiger partial charge in [0.05, 0.1) is 12.7 Å². The molecule has 1 unspecified atom stereocenters. The lowest BCUT2D eigenvalue weighted by molar-refractivity contribution is -0.133.